The molecule has 4 N–H and O–H groups in total. The van der Waals surface area contributed by atoms with Crippen molar-refractivity contribution in [2.45, 2.75) is 38.3 Å². The van der Waals surface area contributed by atoms with Crippen LogP contribution in [0.4, 0.5) is 4.39 Å². The number of amides is 1. The number of aromatic amines is 1. The van der Waals surface area contributed by atoms with Crippen LogP contribution in [0, 0.1) is 18.7 Å². The largest absolute Gasteiger partial charge is 0.492 e. The van der Waals surface area contributed by atoms with E-state index in [9.17, 15) is 14.3 Å². The summed E-state index contributed by atoms with van der Waals surface area (Å²) in [5.41, 5.74) is 3.31. The van der Waals surface area contributed by atoms with Crippen molar-refractivity contribution >= 4 is 16.9 Å². The third kappa shape index (κ3) is 4.05. The molecule has 1 amide bonds. The minimum atomic E-state index is -0.645. The number of hydrogen-bond acceptors (Lipinski definition) is 6. The Balaban J connectivity index is 1.51. The Hall–Kier alpha value is -3.04. The molecule has 1 saturated carbocycles. The molecule has 1 saturated heterocycles. The van der Waals surface area contributed by atoms with Crippen molar-refractivity contribution in [2.24, 2.45) is 5.92 Å². The van der Waals surface area contributed by atoms with E-state index < -0.39 is 6.10 Å². The monoisotopic (exact) mass is 439 g/mol. The number of aliphatic hydroxyl groups is 1. The molecule has 168 valence electrons. The molecular formula is C23H26FN5O3. The third-order valence-corrected chi connectivity index (χ3v) is 6.14. The van der Waals surface area contributed by atoms with E-state index in [-0.39, 0.29) is 17.8 Å². The van der Waals surface area contributed by atoms with Gasteiger partial charge in [0.25, 0.3) is 5.91 Å². The van der Waals surface area contributed by atoms with E-state index in [0.29, 0.717) is 64.8 Å². The van der Waals surface area contributed by atoms with E-state index in [1.807, 2.05) is 0 Å². The van der Waals surface area contributed by atoms with Crippen molar-refractivity contribution in [3.63, 3.8) is 0 Å². The van der Waals surface area contributed by atoms with Crippen LogP contribution in [0.15, 0.2) is 24.5 Å². The number of ether oxygens (including phenoxy) is 1. The first-order chi connectivity index (χ1) is 15.5. The van der Waals surface area contributed by atoms with Crippen LogP contribution in [-0.2, 0) is 0 Å². The smallest absolute Gasteiger partial charge is 0.255 e. The summed E-state index contributed by atoms with van der Waals surface area (Å²) in [7, 11) is 0. The van der Waals surface area contributed by atoms with Gasteiger partial charge in [0, 0.05) is 23.9 Å². The van der Waals surface area contributed by atoms with Gasteiger partial charge in [-0.2, -0.15) is 0 Å². The molecule has 2 fully saturated rings. The van der Waals surface area contributed by atoms with Crippen molar-refractivity contribution < 1.29 is 19.0 Å². The van der Waals surface area contributed by atoms with Crippen molar-refractivity contribution in [1.29, 1.82) is 0 Å². The number of benzene rings is 1. The Morgan fingerprint density at radius 2 is 2.16 bits per heavy atom. The molecular weight excluding hydrogens is 413 g/mol. The zero-order valence-electron chi connectivity index (χ0n) is 17.8. The summed E-state index contributed by atoms with van der Waals surface area (Å²) >= 11 is 0. The third-order valence-electron chi connectivity index (χ3n) is 6.14. The van der Waals surface area contributed by atoms with Crippen molar-refractivity contribution in [3.8, 4) is 17.0 Å². The molecule has 0 bridgehead atoms. The Morgan fingerprint density at radius 3 is 2.94 bits per heavy atom. The average Bonchev–Trinajstić information content (AvgIpc) is 3.54. The molecule has 2 aromatic heterocycles. The molecule has 0 unspecified atom stereocenters. The van der Waals surface area contributed by atoms with Crippen LogP contribution in [0.25, 0.3) is 22.3 Å². The number of rotatable bonds is 6. The van der Waals surface area contributed by atoms with Gasteiger partial charge in [0.2, 0.25) is 0 Å². The predicted molar refractivity (Wildman–Crippen MR) is 117 cm³/mol. The highest BCUT2D eigenvalue weighted by Crippen LogP contribution is 2.36. The summed E-state index contributed by atoms with van der Waals surface area (Å²) in [5.74, 6) is 0.264. The number of aromatic nitrogens is 3. The number of hydrogen-bond donors (Lipinski definition) is 4. The fraction of sp³-hybridized carbons (Fsp3) is 0.435. The van der Waals surface area contributed by atoms with Crippen LogP contribution in [0.1, 0.15) is 35.3 Å². The van der Waals surface area contributed by atoms with Gasteiger partial charge in [-0.05, 0) is 50.8 Å². The Labute approximate surface area is 184 Å². The molecule has 2 atom stereocenters. The van der Waals surface area contributed by atoms with Gasteiger partial charge >= 0.3 is 0 Å². The number of piperidine rings is 1. The number of carbonyl (C=O) groups is 1. The van der Waals surface area contributed by atoms with E-state index in [2.05, 4.69) is 25.6 Å². The van der Waals surface area contributed by atoms with Crippen LogP contribution in [0.5, 0.6) is 5.75 Å². The van der Waals surface area contributed by atoms with Gasteiger partial charge in [-0.25, -0.2) is 14.4 Å². The molecule has 32 heavy (non-hydrogen) atoms. The molecule has 9 heteroatoms. The molecule has 1 aliphatic carbocycles. The number of fused-ring (bicyclic) bond motifs is 1. The highest BCUT2D eigenvalue weighted by atomic mass is 19.1. The van der Waals surface area contributed by atoms with E-state index in [4.69, 9.17) is 4.74 Å². The van der Waals surface area contributed by atoms with Gasteiger partial charge in [0.1, 0.15) is 29.1 Å². The number of nitrogens with one attached hydrogen (secondary N) is 3. The topological polar surface area (TPSA) is 112 Å². The van der Waals surface area contributed by atoms with Crippen molar-refractivity contribution in [2.75, 3.05) is 19.7 Å². The average molecular weight is 439 g/mol. The van der Waals surface area contributed by atoms with Gasteiger partial charge in [-0.3, -0.25) is 4.79 Å². The number of β-amino-alcohol motifs (C(OH)–C–C–N with tert-alkyl or cyclic N) is 1. The quantitative estimate of drug-likeness (QED) is 0.469. The molecule has 1 aliphatic heterocycles. The zero-order chi connectivity index (χ0) is 22.2. The van der Waals surface area contributed by atoms with Crippen LogP contribution in [-0.4, -0.2) is 57.8 Å². The second kappa shape index (κ2) is 8.48. The number of halogens is 1. The van der Waals surface area contributed by atoms with Gasteiger partial charge in [0.15, 0.2) is 0 Å². The first-order valence-electron chi connectivity index (χ1n) is 11.0. The Bertz CT molecular complexity index is 1160. The Morgan fingerprint density at radius 1 is 1.31 bits per heavy atom. The molecule has 2 aliphatic rings. The summed E-state index contributed by atoms with van der Waals surface area (Å²) < 4.78 is 19.9. The molecule has 0 spiro atoms. The maximum absolute atomic E-state index is 13.9. The lowest BCUT2D eigenvalue weighted by atomic mass is 10.0. The second-order valence-corrected chi connectivity index (χ2v) is 8.61. The standard InChI is InChI=1S/C23H26FN5O3/c1-12-19(23(31)29-16-6-7-25-9-17(16)30)21-22(28-12)20(26-11-27-21)15-5-4-14(24)8-18(15)32-10-13-2-3-13/h4-5,8,11,13,16-17,25,28,30H,2-3,6-7,9-10H2,1H3,(H,29,31)/t16-,17+/m0/s1. The lowest BCUT2D eigenvalue weighted by Crippen LogP contribution is -2.52. The summed E-state index contributed by atoms with van der Waals surface area (Å²) in [5, 5.41) is 16.2. The van der Waals surface area contributed by atoms with Gasteiger partial charge in [-0.15, -0.1) is 0 Å². The number of aliphatic hydroxyl groups excluding tert-OH is 1. The normalized spacial score (nSPS) is 21.0. The maximum atomic E-state index is 13.9. The van der Waals surface area contributed by atoms with E-state index in [1.165, 1.54) is 18.5 Å². The molecule has 5 rings (SSSR count). The van der Waals surface area contributed by atoms with Crippen LogP contribution < -0.4 is 15.4 Å². The molecule has 3 heterocycles. The second-order valence-electron chi connectivity index (χ2n) is 8.61. The highest BCUT2D eigenvalue weighted by molar-refractivity contribution is 6.09. The summed E-state index contributed by atoms with van der Waals surface area (Å²) in [6.07, 6.45) is 3.65. The van der Waals surface area contributed by atoms with E-state index in [0.717, 1.165) is 19.4 Å². The lowest BCUT2D eigenvalue weighted by molar-refractivity contribution is 0.0766. The molecule has 1 aromatic carbocycles. The fourth-order valence-electron chi connectivity index (χ4n) is 4.16. The number of nitrogens with zero attached hydrogens (tertiary/aromatic N) is 2. The fourth-order valence-corrected chi connectivity index (χ4v) is 4.16. The van der Waals surface area contributed by atoms with E-state index in [1.54, 1.807) is 13.0 Å². The number of carbonyl (C=O) groups excluding carboxylic acids is 1. The first kappa shape index (κ1) is 20.8. The predicted octanol–water partition coefficient (Wildman–Crippen LogP) is 2.31. The van der Waals surface area contributed by atoms with Gasteiger partial charge < -0.3 is 25.5 Å². The summed E-state index contributed by atoms with van der Waals surface area (Å²) in [4.78, 5) is 25.1. The highest BCUT2D eigenvalue weighted by Gasteiger charge is 2.28. The maximum Gasteiger partial charge on any atom is 0.255 e. The SMILES string of the molecule is Cc1[nH]c2c(-c3ccc(F)cc3OCC3CC3)ncnc2c1C(=O)N[C@H]1CCNC[C@H]1O. The van der Waals surface area contributed by atoms with Crippen molar-refractivity contribution in [3.05, 3.63) is 41.6 Å². The van der Waals surface area contributed by atoms with Crippen LogP contribution in [0.3, 0.4) is 0 Å². The van der Waals surface area contributed by atoms with E-state index >= 15 is 0 Å². The van der Waals surface area contributed by atoms with Gasteiger partial charge in [0.05, 0.1) is 29.8 Å². The van der Waals surface area contributed by atoms with Gasteiger partial charge in [-0.1, -0.05) is 0 Å². The first-order valence-corrected chi connectivity index (χ1v) is 11.0. The minimum absolute atomic E-state index is 0.298. The summed E-state index contributed by atoms with van der Waals surface area (Å²) in [6, 6.07) is 4.05. The molecule has 0 radical (unpaired) electrons. The number of aryl methyl sites for hydroxylation is 1. The Kier molecular flexibility index (Phi) is 5.52. The number of H-pyrrole nitrogens is 1. The van der Waals surface area contributed by atoms with Crippen LogP contribution in [0.2, 0.25) is 0 Å². The molecule has 8 nitrogen and oxygen atoms in total. The van der Waals surface area contributed by atoms with Crippen LogP contribution >= 0.6 is 0 Å². The minimum Gasteiger partial charge on any atom is -0.492 e. The zero-order valence-corrected chi connectivity index (χ0v) is 17.8. The van der Waals surface area contributed by atoms with Crippen molar-refractivity contribution in [1.82, 2.24) is 25.6 Å². The molecule has 3 aromatic rings. The summed E-state index contributed by atoms with van der Waals surface area (Å²) in [6.45, 7) is 3.52. The lowest BCUT2D eigenvalue weighted by Gasteiger charge is -2.29.